The largest absolute Gasteiger partial charge is 0.479 e. The summed E-state index contributed by atoms with van der Waals surface area (Å²) in [6, 6.07) is 0. The molecule has 15 heavy (non-hydrogen) atoms. The van der Waals surface area contributed by atoms with Crippen molar-refractivity contribution in [3.05, 3.63) is 0 Å². The second-order valence-corrected chi connectivity index (χ2v) is 3.41. The van der Waals surface area contributed by atoms with Gasteiger partial charge in [-0.2, -0.15) is 13.2 Å². The molecule has 0 heterocycles. The molecular weight excluding hydrogens is 219 g/mol. The fraction of sp³-hybridized carbons (Fsp3) is 0.714. The number of carbonyl (C=O) groups is 2. The first-order valence-corrected chi connectivity index (χ1v) is 3.78. The molecule has 0 aromatic heterocycles. The molecule has 8 heteroatoms. The molecule has 1 unspecified atom stereocenters. The number of hydrogen-bond donors (Lipinski definition) is 3. The number of aliphatic hydroxyl groups is 1. The SMILES string of the molecule is CC(C)(NC(=O)C(F)(F)F)C(O)C(=O)O. The van der Waals surface area contributed by atoms with Gasteiger partial charge in [-0.3, -0.25) is 4.79 Å². The van der Waals surface area contributed by atoms with E-state index in [0.717, 1.165) is 13.8 Å². The number of amides is 1. The van der Waals surface area contributed by atoms with Gasteiger partial charge in [0, 0.05) is 0 Å². The Morgan fingerprint density at radius 3 is 1.93 bits per heavy atom. The Bertz CT molecular complexity index is 274. The summed E-state index contributed by atoms with van der Waals surface area (Å²) in [6.07, 6.45) is -7.24. The number of alkyl halides is 3. The standard InChI is InChI=1S/C7H10F3NO4/c1-6(2,3(12)4(13)14)11-5(15)7(8,9)10/h3,12H,1-2H3,(H,11,15)(H,13,14). The van der Waals surface area contributed by atoms with Gasteiger partial charge in [-0.15, -0.1) is 0 Å². The van der Waals surface area contributed by atoms with E-state index in [-0.39, 0.29) is 0 Å². The summed E-state index contributed by atoms with van der Waals surface area (Å²) >= 11 is 0. The molecular formula is C7H10F3NO4. The van der Waals surface area contributed by atoms with Gasteiger partial charge in [-0.25, -0.2) is 4.79 Å². The highest BCUT2D eigenvalue weighted by Gasteiger charge is 2.44. The topological polar surface area (TPSA) is 86.6 Å². The molecule has 0 fully saturated rings. The summed E-state index contributed by atoms with van der Waals surface area (Å²) in [5.41, 5.74) is -1.90. The van der Waals surface area contributed by atoms with E-state index >= 15 is 0 Å². The Kier molecular flexibility index (Phi) is 3.70. The summed E-state index contributed by atoms with van der Waals surface area (Å²) in [6.45, 7) is 1.94. The number of hydrogen-bond acceptors (Lipinski definition) is 3. The van der Waals surface area contributed by atoms with Crippen LogP contribution in [0.2, 0.25) is 0 Å². The number of carboxylic acids is 1. The van der Waals surface area contributed by atoms with Crippen LogP contribution in [0.25, 0.3) is 0 Å². The molecule has 1 atom stereocenters. The molecule has 0 saturated carbocycles. The van der Waals surface area contributed by atoms with Gasteiger partial charge >= 0.3 is 18.1 Å². The lowest BCUT2D eigenvalue weighted by atomic mass is 9.97. The van der Waals surface area contributed by atoms with Crippen LogP contribution in [-0.4, -0.2) is 39.9 Å². The third-order valence-corrected chi connectivity index (χ3v) is 1.61. The maximum Gasteiger partial charge on any atom is 0.471 e. The number of nitrogens with one attached hydrogen (secondary N) is 1. The molecule has 0 bridgehead atoms. The van der Waals surface area contributed by atoms with Crippen LogP contribution in [-0.2, 0) is 9.59 Å². The van der Waals surface area contributed by atoms with Gasteiger partial charge in [0.05, 0.1) is 5.54 Å². The third kappa shape index (κ3) is 3.74. The van der Waals surface area contributed by atoms with E-state index in [1.165, 1.54) is 5.32 Å². The van der Waals surface area contributed by atoms with Crippen molar-refractivity contribution in [2.45, 2.75) is 31.7 Å². The first kappa shape index (κ1) is 13.7. The Labute approximate surface area is 82.9 Å². The Hall–Kier alpha value is -1.31. The average Bonchev–Trinajstić information content (AvgIpc) is 2.00. The maximum atomic E-state index is 11.8. The van der Waals surface area contributed by atoms with E-state index in [2.05, 4.69) is 0 Å². The zero-order valence-corrected chi connectivity index (χ0v) is 7.92. The molecule has 0 aromatic rings. The quantitative estimate of drug-likeness (QED) is 0.630. The molecule has 3 N–H and O–H groups in total. The molecule has 0 aromatic carbocycles. The van der Waals surface area contributed by atoms with Gasteiger partial charge in [0.2, 0.25) is 0 Å². The molecule has 88 valence electrons. The van der Waals surface area contributed by atoms with Crippen LogP contribution in [0.1, 0.15) is 13.8 Å². The summed E-state index contributed by atoms with van der Waals surface area (Å²) in [4.78, 5) is 20.8. The number of halogens is 3. The van der Waals surface area contributed by atoms with Crippen LogP contribution in [0.3, 0.4) is 0 Å². The van der Waals surface area contributed by atoms with E-state index in [1.807, 2.05) is 0 Å². The minimum absolute atomic E-state index is 0.968. The lowest BCUT2D eigenvalue weighted by Crippen LogP contribution is -2.57. The third-order valence-electron chi connectivity index (χ3n) is 1.61. The van der Waals surface area contributed by atoms with Crippen molar-refractivity contribution < 1.29 is 33.0 Å². The summed E-state index contributed by atoms with van der Waals surface area (Å²) in [5, 5.41) is 18.7. The van der Waals surface area contributed by atoms with Gasteiger partial charge < -0.3 is 15.5 Å². The van der Waals surface area contributed by atoms with E-state index in [1.54, 1.807) is 0 Å². The van der Waals surface area contributed by atoms with Crippen molar-refractivity contribution in [2.24, 2.45) is 0 Å². The first-order valence-electron chi connectivity index (χ1n) is 3.78. The number of aliphatic carboxylic acids is 1. The Balaban J connectivity index is 4.65. The highest BCUT2D eigenvalue weighted by atomic mass is 19.4. The van der Waals surface area contributed by atoms with Crippen molar-refractivity contribution >= 4 is 11.9 Å². The van der Waals surface area contributed by atoms with Gasteiger partial charge in [0.15, 0.2) is 6.10 Å². The normalized spacial score (nSPS) is 14.5. The van der Waals surface area contributed by atoms with Crippen molar-refractivity contribution in [1.29, 1.82) is 0 Å². The summed E-state index contributed by atoms with van der Waals surface area (Å²) in [7, 11) is 0. The van der Waals surface area contributed by atoms with Crippen molar-refractivity contribution in [2.75, 3.05) is 0 Å². The van der Waals surface area contributed by atoms with Gasteiger partial charge in [-0.1, -0.05) is 0 Å². The van der Waals surface area contributed by atoms with Crippen molar-refractivity contribution in [3.63, 3.8) is 0 Å². The minimum Gasteiger partial charge on any atom is -0.479 e. The van der Waals surface area contributed by atoms with Crippen LogP contribution < -0.4 is 5.32 Å². The highest BCUT2D eigenvalue weighted by molar-refractivity contribution is 5.83. The minimum atomic E-state index is -5.12. The maximum absolute atomic E-state index is 11.8. The van der Waals surface area contributed by atoms with Crippen molar-refractivity contribution in [1.82, 2.24) is 5.32 Å². The second-order valence-electron chi connectivity index (χ2n) is 3.41. The van der Waals surface area contributed by atoms with E-state index < -0.39 is 29.7 Å². The van der Waals surface area contributed by atoms with E-state index in [0.29, 0.717) is 0 Å². The molecule has 0 aliphatic heterocycles. The van der Waals surface area contributed by atoms with Gasteiger partial charge in [0.25, 0.3) is 0 Å². The molecule has 0 rings (SSSR count). The van der Waals surface area contributed by atoms with Crippen LogP contribution in [0.4, 0.5) is 13.2 Å². The molecule has 0 spiro atoms. The number of aliphatic hydroxyl groups excluding tert-OH is 1. The second kappa shape index (κ2) is 4.05. The van der Waals surface area contributed by atoms with Gasteiger partial charge in [-0.05, 0) is 13.8 Å². The fourth-order valence-corrected chi connectivity index (χ4v) is 0.741. The fourth-order valence-electron chi connectivity index (χ4n) is 0.741. The van der Waals surface area contributed by atoms with E-state index in [9.17, 15) is 22.8 Å². The number of rotatable bonds is 3. The zero-order chi connectivity index (χ0) is 12.4. The highest BCUT2D eigenvalue weighted by Crippen LogP contribution is 2.18. The molecule has 0 aliphatic rings. The van der Waals surface area contributed by atoms with Crippen LogP contribution in [0, 0.1) is 0 Å². The number of carboxylic acid groups (broad SMARTS) is 1. The summed E-state index contributed by atoms with van der Waals surface area (Å²) in [5.74, 6) is -4.02. The monoisotopic (exact) mass is 229 g/mol. The van der Waals surface area contributed by atoms with Crippen LogP contribution >= 0.6 is 0 Å². The predicted octanol–water partition coefficient (Wildman–Crippen LogP) is -0.111. The smallest absolute Gasteiger partial charge is 0.471 e. The Morgan fingerprint density at radius 2 is 1.67 bits per heavy atom. The van der Waals surface area contributed by atoms with Crippen molar-refractivity contribution in [3.8, 4) is 0 Å². The zero-order valence-electron chi connectivity index (χ0n) is 7.92. The first-order chi connectivity index (χ1) is 6.48. The lowest BCUT2D eigenvalue weighted by Gasteiger charge is -2.29. The molecule has 0 saturated heterocycles. The number of carbonyl (C=O) groups excluding carboxylic acids is 1. The predicted molar refractivity (Wildman–Crippen MR) is 41.9 cm³/mol. The van der Waals surface area contributed by atoms with Crippen LogP contribution in [0.15, 0.2) is 0 Å². The van der Waals surface area contributed by atoms with Crippen LogP contribution in [0.5, 0.6) is 0 Å². The molecule has 0 radical (unpaired) electrons. The summed E-state index contributed by atoms with van der Waals surface area (Å²) < 4.78 is 35.4. The molecule has 1 amide bonds. The lowest BCUT2D eigenvalue weighted by molar-refractivity contribution is -0.177. The van der Waals surface area contributed by atoms with E-state index in [4.69, 9.17) is 10.2 Å². The Morgan fingerprint density at radius 1 is 1.27 bits per heavy atom. The average molecular weight is 229 g/mol. The molecule has 5 nitrogen and oxygen atoms in total. The van der Waals surface area contributed by atoms with Gasteiger partial charge in [0.1, 0.15) is 0 Å². The molecule has 0 aliphatic carbocycles.